The van der Waals surface area contributed by atoms with Crippen LogP contribution in [0.3, 0.4) is 0 Å². The summed E-state index contributed by atoms with van der Waals surface area (Å²) in [5.41, 5.74) is 6.58. The average Bonchev–Trinajstić information content (AvgIpc) is 3.61. The second kappa shape index (κ2) is 10.4. The Kier molecular flexibility index (Phi) is 7.52. The molecule has 3 aromatic rings. The van der Waals surface area contributed by atoms with Crippen LogP contribution in [0.5, 0.6) is 5.75 Å². The molecule has 1 saturated carbocycles. The van der Waals surface area contributed by atoms with Gasteiger partial charge in [-0.2, -0.15) is 0 Å². The number of nitrogens with zero attached hydrogens (tertiary/aromatic N) is 1. The van der Waals surface area contributed by atoms with Gasteiger partial charge in [0.1, 0.15) is 17.2 Å². The van der Waals surface area contributed by atoms with Crippen LogP contribution in [0.1, 0.15) is 19.8 Å². The van der Waals surface area contributed by atoms with E-state index in [4.69, 9.17) is 15.2 Å². The minimum atomic E-state index is -0.666. The normalized spacial score (nSPS) is 16.0. The number of hydrogen-bond donors (Lipinski definition) is 3. The summed E-state index contributed by atoms with van der Waals surface area (Å²) in [5.74, 6) is -0.113. The van der Waals surface area contributed by atoms with E-state index in [2.05, 4.69) is 15.6 Å². The molecule has 10 heteroatoms. The maximum Gasteiger partial charge on any atom is 0.202 e. The molecule has 0 unspecified atom stereocenters. The summed E-state index contributed by atoms with van der Waals surface area (Å²) in [7, 11) is 0. The Morgan fingerprint density at radius 2 is 1.92 bits per heavy atom. The number of aromatic amines is 1. The molecule has 1 radical (unpaired) electrons. The Hall–Kier alpha value is -3.17. The fourth-order valence-corrected chi connectivity index (χ4v) is 3.78. The first kappa shape index (κ1) is 25.9. The molecule has 1 spiro atoms. The van der Waals surface area contributed by atoms with E-state index in [1.807, 2.05) is 0 Å². The Bertz CT molecular complexity index is 1400. The van der Waals surface area contributed by atoms with Gasteiger partial charge in [0, 0.05) is 44.5 Å². The Balaban J connectivity index is 0.00000304. The van der Waals surface area contributed by atoms with Crippen molar-refractivity contribution >= 4 is 11.4 Å². The number of ether oxygens (including phenoxy) is 2. The van der Waals surface area contributed by atoms with Gasteiger partial charge in [0.25, 0.3) is 0 Å². The zero-order chi connectivity index (χ0) is 24.6. The van der Waals surface area contributed by atoms with Crippen LogP contribution in [-0.2, 0) is 37.4 Å². The summed E-state index contributed by atoms with van der Waals surface area (Å²) >= 11 is 0. The molecular weight excluding hydrogens is 543 g/mol. The van der Waals surface area contributed by atoms with Crippen LogP contribution >= 0.6 is 0 Å². The van der Waals surface area contributed by atoms with E-state index in [1.165, 1.54) is 54.9 Å². The Morgan fingerprint density at radius 1 is 1.17 bits per heavy atom. The molecule has 2 aromatic carbocycles. The summed E-state index contributed by atoms with van der Waals surface area (Å²) in [5, 5.41) is 7.40. The number of halogens is 2. The number of hydrogen-bond acceptors (Lipinski definition) is 5. The van der Waals surface area contributed by atoms with Crippen molar-refractivity contribution in [2.45, 2.75) is 25.4 Å². The van der Waals surface area contributed by atoms with Gasteiger partial charge in [-0.25, -0.2) is 8.78 Å². The number of allylic oxidation sites excluding steroid dienone is 1. The molecule has 183 valence electrons. The SMILES string of the molecule is C/C=C(/Oc1ccc([N-]c2c[nH]cc(-c3ccc(F)cc3)c2=O)cc1F)C1=C(N)NCC2(CC2)O1.[Y]. The fourth-order valence-electron chi connectivity index (χ4n) is 3.78. The maximum atomic E-state index is 14.9. The van der Waals surface area contributed by atoms with Crippen LogP contribution in [-0.4, -0.2) is 17.1 Å². The van der Waals surface area contributed by atoms with Gasteiger partial charge in [-0.3, -0.25) is 4.79 Å². The minimum absolute atomic E-state index is 0. The molecular formula is C26H23F2N4O3Y-. The summed E-state index contributed by atoms with van der Waals surface area (Å²) < 4.78 is 40.0. The van der Waals surface area contributed by atoms with Crippen LogP contribution in [0.15, 0.2) is 83.1 Å². The van der Waals surface area contributed by atoms with Gasteiger partial charge in [-0.15, -0.1) is 5.69 Å². The van der Waals surface area contributed by atoms with Crippen molar-refractivity contribution in [1.82, 2.24) is 10.3 Å². The summed E-state index contributed by atoms with van der Waals surface area (Å²) in [6, 6.07) is 9.70. The monoisotopic (exact) mass is 566 g/mol. The summed E-state index contributed by atoms with van der Waals surface area (Å²) in [6.07, 6.45) is 6.42. The van der Waals surface area contributed by atoms with Crippen LogP contribution in [0.4, 0.5) is 20.2 Å². The molecule has 0 bridgehead atoms. The first-order chi connectivity index (χ1) is 16.9. The standard InChI is InChI=1S/C26H23F2N4O3.Y/c1-2-21(24-25(29)31-14-26(35-24)9-10-26)34-22-8-7-17(11-19(22)28)32-20-13-30-12-18(23(20)33)15-3-5-16(27)6-4-15;/h2-8,11-13,31H,9-10,14,29H2,1H3,(H,30,33);/q-1;/b21-2+;. The van der Waals surface area contributed by atoms with Gasteiger partial charge < -0.3 is 30.8 Å². The molecule has 1 aliphatic carbocycles. The number of nitrogens with one attached hydrogen (secondary N) is 2. The molecule has 7 nitrogen and oxygen atoms in total. The number of benzene rings is 2. The summed E-state index contributed by atoms with van der Waals surface area (Å²) in [6.45, 7) is 2.38. The third-order valence-corrected chi connectivity index (χ3v) is 5.92. The zero-order valence-electron chi connectivity index (χ0n) is 19.5. The van der Waals surface area contributed by atoms with Crippen molar-refractivity contribution in [3.63, 3.8) is 0 Å². The van der Waals surface area contributed by atoms with Crippen LogP contribution in [0.25, 0.3) is 16.4 Å². The number of aromatic nitrogens is 1. The number of nitrogens with two attached hydrogens (primary N) is 1. The molecule has 36 heavy (non-hydrogen) atoms. The largest absolute Gasteiger partial charge is 0.653 e. The fraction of sp³-hybridized carbons (Fsp3) is 0.192. The van der Waals surface area contributed by atoms with Gasteiger partial charge in [0.05, 0.1) is 6.54 Å². The second-order valence-electron chi connectivity index (χ2n) is 8.45. The van der Waals surface area contributed by atoms with Gasteiger partial charge in [-0.05, 0) is 61.9 Å². The van der Waals surface area contributed by atoms with Gasteiger partial charge >= 0.3 is 0 Å². The van der Waals surface area contributed by atoms with E-state index in [0.717, 1.165) is 12.8 Å². The van der Waals surface area contributed by atoms with Gasteiger partial charge in [0.2, 0.25) is 5.76 Å². The van der Waals surface area contributed by atoms with Crippen molar-refractivity contribution in [2.24, 2.45) is 5.73 Å². The van der Waals surface area contributed by atoms with Crippen molar-refractivity contribution in [3.05, 3.63) is 105 Å². The van der Waals surface area contributed by atoms with Crippen molar-refractivity contribution in [2.75, 3.05) is 6.54 Å². The van der Waals surface area contributed by atoms with Crippen molar-refractivity contribution in [1.29, 1.82) is 0 Å². The van der Waals surface area contributed by atoms with E-state index in [1.54, 1.807) is 13.0 Å². The molecule has 0 amide bonds. The van der Waals surface area contributed by atoms with Crippen molar-refractivity contribution < 1.29 is 51.0 Å². The minimum Gasteiger partial charge on any atom is -0.653 e. The smallest absolute Gasteiger partial charge is 0.202 e. The predicted molar refractivity (Wildman–Crippen MR) is 128 cm³/mol. The number of rotatable bonds is 6. The molecule has 1 aliphatic heterocycles. The average molecular weight is 566 g/mol. The van der Waals surface area contributed by atoms with E-state index in [9.17, 15) is 13.6 Å². The van der Waals surface area contributed by atoms with Crippen LogP contribution in [0, 0.1) is 11.6 Å². The van der Waals surface area contributed by atoms with Gasteiger partial charge in [0.15, 0.2) is 22.8 Å². The second-order valence-corrected chi connectivity index (χ2v) is 8.45. The zero-order valence-corrected chi connectivity index (χ0v) is 22.3. The molecule has 1 aromatic heterocycles. The van der Waals surface area contributed by atoms with Gasteiger partial charge in [-0.1, -0.05) is 23.9 Å². The molecule has 2 heterocycles. The quantitative estimate of drug-likeness (QED) is 0.356. The Labute approximate surface area is 231 Å². The third-order valence-electron chi connectivity index (χ3n) is 5.92. The van der Waals surface area contributed by atoms with E-state index >= 15 is 0 Å². The number of H-pyrrole nitrogens is 1. The van der Waals surface area contributed by atoms with Crippen LogP contribution < -0.4 is 21.2 Å². The first-order valence-corrected chi connectivity index (χ1v) is 11.1. The summed E-state index contributed by atoms with van der Waals surface area (Å²) in [4.78, 5) is 15.8. The maximum absolute atomic E-state index is 14.9. The molecule has 4 N–H and O–H groups in total. The molecule has 1 fully saturated rings. The Morgan fingerprint density at radius 3 is 2.58 bits per heavy atom. The third kappa shape index (κ3) is 5.32. The number of pyridine rings is 1. The molecule has 2 aliphatic rings. The van der Waals surface area contributed by atoms with Crippen molar-refractivity contribution in [3.8, 4) is 16.9 Å². The first-order valence-electron chi connectivity index (χ1n) is 11.1. The molecule has 0 atom stereocenters. The van der Waals surface area contributed by atoms with E-state index in [-0.39, 0.29) is 60.9 Å². The van der Waals surface area contributed by atoms with Crippen LogP contribution in [0.2, 0.25) is 0 Å². The topological polar surface area (TPSA) is 103 Å². The van der Waals surface area contributed by atoms with E-state index in [0.29, 0.717) is 35.0 Å². The van der Waals surface area contributed by atoms with E-state index < -0.39 is 11.6 Å². The molecule has 5 rings (SSSR count). The molecule has 0 saturated heterocycles. The predicted octanol–water partition coefficient (Wildman–Crippen LogP) is 5.22.